The van der Waals surface area contributed by atoms with E-state index in [9.17, 15) is 0 Å². The van der Waals surface area contributed by atoms with Gasteiger partial charge in [-0.3, -0.25) is 9.30 Å². The number of hydrogen-bond acceptors (Lipinski definition) is 8. The topological polar surface area (TPSA) is 99.5 Å². The Bertz CT molecular complexity index is 1210. The van der Waals surface area contributed by atoms with Crippen LogP contribution in [0, 0.1) is 0 Å². The van der Waals surface area contributed by atoms with Crippen molar-refractivity contribution in [2.24, 2.45) is 0 Å². The lowest BCUT2D eigenvalue weighted by atomic mass is 10.1. The van der Waals surface area contributed by atoms with E-state index >= 15 is 0 Å². The van der Waals surface area contributed by atoms with Crippen LogP contribution in [0.25, 0.3) is 16.7 Å². The van der Waals surface area contributed by atoms with Gasteiger partial charge < -0.3 is 19.9 Å². The van der Waals surface area contributed by atoms with E-state index in [2.05, 4.69) is 51.4 Å². The number of methoxy groups -OCH3 is 1. The Kier molecular flexibility index (Phi) is 5.81. The van der Waals surface area contributed by atoms with Gasteiger partial charge in [0.2, 0.25) is 0 Å². The minimum Gasteiger partial charge on any atom is -0.383 e. The van der Waals surface area contributed by atoms with Crippen LogP contribution in [0.2, 0.25) is 5.02 Å². The van der Waals surface area contributed by atoms with Gasteiger partial charge in [-0.2, -0.15) is 0 Å². The zero-order valence-electron chi connectivity index (χ0n) is 18.1. The number of nitrogens with one attached hydrogen (secondary N) is 2. The van der Waals surface area contributed by atoms with E-state index in [1.807, 2.05) is 12.4 Å². The Morgan fingerprint density at radius 1 is 1.22 bits per heavy atom. The summed E-state index contributed by atoms with van der Waals surface area (Å²) in [5.41, 5.74) is 3.39. The third-order valence-corrected chi connectivity index (χ3v) is 6.28. The lowest BCUT2D eigenvalue weighted by Crippen LogP contribution is -2.48. The van der Waals surface area contributed by atoms with Gasteiger partial charge in [-0.1, -0.05) is 11.6 Å². The summed E-state index contributed by atoms with van der Waals surface area (Å²) in [7, 11) is 1.75. The van der Waals surface area contributed by atoms with Gasteiger partial charge in [-0.05, 0) is 13.0 Å². The molecule has 1 fully saturated rings. The maximum atomic E-state index is 6.65. The zero-order chi connectivity index (χ0) is 22.1. The summed E-state index contributed by atoms with van der Waals surface area (Å²) >= 11 is 6.65. The molecule has 1 unspecified atom stereocenters. The zero-order valence-corrected chi connectivity index (χ0v) is 18.9. The molecule has 0 bridgehead atoms. The highest BCUT2D eigenvalue weighted by atomic mass is 35.5. The van der Waals surface area contributed by atoms with Crippen molar-refractivity contribution in [3.63, 3.8) is 0 Å². The van der Waals surface area contributed by atoms with Crippen molar-refractivity contribution < 1.29 is 4.74 Å². The fourth-order valence-corrected chi connectivity index (χ4v) is 4.53. The number of imidazole rings is 2. The second-order valence-electron chi connectivity index (χ2n) is 7.93. The number of hydrogen-bond donors (Lipinski definition) is 2. The lowest BCUT2D eigenvalue weighted by Gasteiger charge is -2.37. The molecule has 1 saturated heterocycles. The summed E-state index contributed by atoms with van der Waals surface area (Å²) in [5.74, 6) is 1.81. The van der Waals surface area contributed by atoms with Crippen LogP contribution in [0.4, 0.5) is 11.6 Å². The lowest BCUT2D eigenvalue weighted by molar-refractivity contribution is 0.144. The van der Waals surface area contributed by atoms with Crippen LogP contribution in [0.5, 0.6) is 0 Å². The van der Waals surface area contributed by atoms with Gasteiger partial charge in [0.25, 0.3) is 0 Å². The first kappa shape index (κ1) is 20.9. The highest BCUT2D eigenvalue weighted by Gasteiger charge is 2.25. The van der Waals surface area contributed by atoms with E-state index in [4.69, 9.17) is 16.3 Å². The normalized spacial score (nSPS) is 16.2. The summed E-state index contributed by atoms with van der Waals surface area (Å²) in [6.45, 7) is 7.59. The Balaban J connectivity index is 1.48. The maximum absolute atomic E-state index is 6.65. The molecule has 2 N–H and O–H groups in total. The Hall–Kier alpha value is -2.95. The molecule has 10 nitrogen and oxygen atoms in total. The van der Waals surface area contributed by atoms with E-state index in [1.54, 1.807) is 19.6 Å². The second kappa shape index (κ2) is 8.89. The van der Waals surface area contributed by atoms with Crippen molar-refractivity contribution in [1.82, 2.24) is 34.2 Å². The first-order valence-corrected chi connectivity index (χ1v) is 11.0. The molecule has 1 aliphatic heterocycles. The van der Waals surface area contributed by atoms with Crippen LogP contribution in [-0.4, -0.2) is 80.7 Å². The monoisotopic (exact) mass is 455 g/mol. The number of H-pyrrole nitrogens is 1. The molecule has 0 aromatic carbocycles. The molecule has 0 saturated carbocycles. The largest absolute Gasteiger partial charge is 0.383 e. The molecule has 168 valence electrons. The smallest absolute Gasteiger partial charge is 0.182 e. The molecular formula is C21H26ClN9O. The molecule has 4 aromatic heterocycles. The molecule has 4 aromatic rings. The molecule has 0 spiro atoms. The summed E-state index contributed by atoms with van der Waals surface area (Å²) < 4.78 is 7.33. The first-order chi connectivity index (χ1) is 15.7. The number of piperazine rings is 1. The molecule has 0 amide bonds. The molecule has 5 rings (SSSR count). The van der Waals surface area contributed by atoms with Gasteiger partial charge >= 0.3 is 0 Å². The molecule has 1 aliphatic rings. The number of pyridine rings is 1. The van der Waals surface area contributed by atoms with Crippen molar-refractivity contribution in [3.05, 3.63) is 41.8 Å². The predicted octanol–water partition coefficient (Wildman–Crippen LogP) is 2.60. The Morgan fingerprint density at radius 2 is 2.06 bits per heavy atom. The van der Waals surface area contributed by atoms with E-state index in [0.29, 0.717) is 16.5 Å². The van der Waals surface area contributed by atoms with E-state index < -0.39 is 0 Å². The number of halogens is 1. The van der Waals surface area contributed by atoms with Crippen molar-refractivity contribution in [1.29, 1.82) is 0 Å². The minimum absolute atomic E-state index is 0.0674. The average molecular weight is 456 g/mol. The number of ether oxygens (including phenoxy) is 1. The van der Waals surface area contributed by atoms with Crippen LogP contribution in [-0.2, 0) is 4.74 Å². The second-order valence-corrected chi connectivity index (χ2v) is 8.34. The average Bonchev–Trinajstić information content (AvgIpc) is 3.49. The van der Waals surface area contributed by atoms with Gasteiger partial charge in [-0.25, -0.2) is 19.9 Å². The Labute approximate surface area is 190 Å². The first-order valence-electron chi connectivity index (χ1n) is 10.7. The van der Waals surface area contributed by atoms with Gasteiger partial charge in [0.05, 0.1) is 35.7 Å². The molecule has 0 aliphatic carbocycles. The summed E-state index contributed by atoms with van der Waals surface area (Å²) in [5, 5.41) is 4.19. The maximum Gasteiger partial charge on any atom is 0.182 e. The van der Waals surface area contributed by atoms with Crippen LogP contribution >= 0.6 is 11.6 Å². The highest BCUT2D eigenvalue weighted by Crippen LogP contribution is 2.35. The van der Waals surface area contributed by atoms with Gasteiger partial charge in [0.15, 0.2) is 11.5 Å². The van der Waals surface area contributed by atoms with Gasteiger partial charge in [-0.15, -0.1) is 0 Å². The van der Waals surface area contributed by atoms with Crippen molar-refractivity contribution >= 4 is 39.9 Å². The van der Waals surface area contributed by atoms with Crippen LogP contribution in [0.3, 0.4) is 0 Å². The standard InChI is InChI=1S/C21H26ClN9O/c1-14(28-20-18-19(25-11-24-18)26-12-27-20)15-9-16(22)17-10-23-13-31(17)21(15)30-5-3-29(4-6-30)7-8-32-2/h9-14H,3-8H2,1-2H3,(H2,24,25,26,27,28). The van der Waals surface area contributed by atoms with Crippen molar-refractivity contribution in [2.75, 3.05) is 56.7 Å². The quantitative estimate of drug-likeness (QED) is 0.438. The number of fused-ring (bicyclic) bond motifs is 2. The third kappa shape index (κ3) is 3.85. The number of nitrogens with zero attached hydrogens (tertiary/aromatic N) is 7. The highest BCUT2D eigenvalue weighted by molar-refractivity contribution is 6.34. The fraction of sp³-hybridized carbons (Fsp3) is 0.429. The summed E-state index contributed by atoms with van der Waals surface area (Å²) in [4.78, 5) is 25.2. The molecule has 11 heteroatoms. The van der Waals surface area contributed by atoms with Crippen LogP contribution in [0.1, 0.15) is 18.5 Å². The van der Waals surface area contributed by atoms with Gasteiger partial charge in [0, 0.05) is 45.4 Å². The van der Waals surface area contributed by atoms with Gasteiger partial charge in [0.1, 0.15) is 24.0 Å². The summed E-state index contributed by atoms with van der Waals surface area (Å²) in [6, 6.07) is 1.97. The fourth-order valence-electron chi connectivity index (χ4n) is 4.27. The van der Waals surface area contributed by atoms with Crippen molar-refractivity contribution in [3.8, 4) is 0 Å². The van der Waals surface area contributed by atoms with Crippen LogP contribution in [0.15, 0.2) is 31.2 Å². The number of rotatable bonds is 7. The molecule has 5 heterocycles. The molecule has 1 atom stereocenters. The number of anilines is 2. The van der Waals surface area contributed by atoms with Crippen molar-refractivity contribution in [2.45, 2.75) is 13.0 Å². The minimum atomic E-state index is -0.0674. The third-order valence-electron chi connectivity index (χ3n) is 5.98. The Morgan fingerprint density at radius 3 is 2.88 bits per heavy atom. The predicted molar refractivity (Wildman–Crippen MR) is 124 cm³/mol. The number of aromatic amines is 1. The van der Waals surface area contributed by atoms with Crippen LogP contribution < -0.4 is 10.2 Å². The van der Waals surface area contributed by atoms with E-state index in [-0.39, 0.29) is 6.04 Å². The van der Waals surface area contributed by atoms with E-state index in [1.165, 1.54) is 6.33 Å². The SMILES string of the molecule is COCCN1CCN(c2c(C(C)Nc3ncnc4nc[nH]c34)cc(Cl)c3cncn23)CC1. The molecule has 32 heavy (non-hydrogen) atoms. The van der Waals surface area contributed by atoms with E-state index in [0.717, 1.165) is 61.7 Å². The summed E-state index contributed by atoms with van der Waals surface area (Å²) in [6.07, 6.45) is 6.78. The number of aromatic nitrogens is 6. The molecular weight excluding hydrogens is 430 g/mol. The molecule has 0 radical (unpaired) electrons.